The Hall–Kier alpha value is -0.380. The Morgan fingerprint density at radius 2 is 1.27 bits per heavy atom. The minimum atomic E-state index is -0.404. The van der Waals surface area contributed by atoms with Crippen LogP contribution in [0.15, 0.2) is 30.3 Å². The summed E-state index contributed by atoms with van der Waals surface area (Å²) in [6.07, 6.45) is 14.8. The summed E-state index contributed by atoms with van der Waals surface area (Å²) in [5.41, 5.74) is 1.01. The molecule has 0 amide bonds. The average Bonchev–Trinajstić information content (AvgIpc) is 2.65. The van der Waals surface area contributed by atoms with Crippen LogP contribution in [0.1, 0.15) is 96.1 Å². The van der Waals surface area contributed by atoms with Crippen LogP contribution in [0.25, 0.3) is 0 Å². The van der Waals surface area contributed by atoms with Crippen LogP contribution < -0.4 is 0 Å². The van der Waals surface area contributed by atoms with Crippen LogP contribution in [-0.2, 0) is 0 Å². The third kappa shape index (κ3) is 11.4. The van der Waals surface area contributed by atoms with Crippen LogP contribution in [0.3, 0.4) is 0 Å². The van der Waals surface area contributed by atoms with Crippen molar-refractivity contribution in [3.05, 3.63) is 35.9 Å². The Kier molecular flexibility index (Phi) is 16.5. The highest BCUT2D eigenvalue weighted by Gasteiger charge is 2.19. The summed E-state index contributed by atoms with van der Waals surface area (Å²) >= 11 is 0. The molecule has 1 rings (SSSR count). The summed E-state index contributed by atoms with van der Waals surface area (Å²) in [4.78, 5) is 2.30. The molecule has 0 fully saturated rings. The maximum Gasteiger partial charge on any atom is 0.0942 e. The summed E-state index contributed by atoms with van der Waals surface area (Å²) in [5.74, 6) is 0. The first kappa shape index (κ1) is 25.6. The molecule has 152 valence electrons. The standard InChI is InChI=1S/C23H41NO.BrH/c1-4-5-6-7-8-9-10-11-12-13-17-20-24(3)21(2)23(25)22-18-15-14-16-19-22;/h14-16,18-19,21,23,25H,4-13,17,20H2,1-3H3;1H. The highest BCUT2D eigenvalue weighted by Crippen LogP contribution is 2.20. The fourth-order valence-electron chi connectivity index (χ4n) is 3.40. The van der Waals surface area contributed by atoms with Crippen molar-refractivity contribution in [2.24, 2.45) is 0 Å². The second kappa shape index (κ2) is 16.8. The molecular formula is C23H42BrNO. The minimum Gasteiger partial charge on any atom is -0.387 e. The predicted octanol–water partition coefficient (Wildman–Crippen LogP) is 6.93. The van der Waals surface area contributed by atoms with Gasteiger partial charge in [-0.25, -0.2) is 0 Å². The van der Waals surface area contributed by atoms with Gasteiger partial charge in [0.2, 0.25) is 0 Å². The van der Waals surface area contributed by atoms with Gasteiger partial charge >= 0.3 is 0 Å². The van der Waals surface area contributed by atoms with Crippen molar-refractivity contribution in [2.45, 2.75) is 96.6 Å². The molecule has 0 radical (unpaired) electrons. The van der Waals surface area contributed by atoms with Crippen LogP contribution >= 0.6 is 17.0 Å². The van der Waals surface area contributed by atoms with E-state index in [0.717, 1.165) is 12.1 Å². The van der Waals surface area contributed by atoms with E-state index in [4.69, 9.17) is 0 Å². The first-order chi connectivity index (χ1) is 12.2. The van der Waals surface area contributed by atoms with E-state index < -0.39 is 6.10 Å². The molecular weight excluding hydrogens is 386 g/mol. The van der Waals surface area contributed by atoms with Gasteiger partial charge in [0.25, 0.3) is 0 Å². The van der Waals surface area contributed by atoms with Gasteiger partial charge in [0.1, 0.15) is 0 Å². The maximum atomic E-state index is 10.5. The first-order valence-corrected chi connectivity index (χ1v) is 10.6. The van der Waals surface area contributed by atoms with E-state index in [1.54, 1.807) is 0 Å². The van der Waals surface area contributed by atoms with E-state index in [1.165, 1.54) is 70.6 Å². The van der Waals surface area contributed by atoms with Gasteiger partial charge in [-0.3, -0.25) is 0 Å². The zero-order chi connectivity index (χ0) is 18.3. The van der Waals surface area contributed by atoms with E-state index in [9.17, 15) is 5.11 Å². The lowest BCUT2D eigenvalue weighted by Gasteiger charge is -2.29. The molecule has 0 saturated heterocycles. The Morgan fingerprint density at radius 1 is 0.808 bits per heavy atom. The van der Waals surface area contributed by atoms with Gasteiger partial charge in [0.05, 0.1) is 6.10 Å². The number of benzene rings is 1. The topological polar surface area (TPSA) is 23.5 Å². The molecule has 2 unspecified atom stereocenters. The summed E-state index contributed by atoms with van der Waals surface area (Å²) in [6, 6.07) is 10.2. The van der Waals surface area contributed by atoms with Gasteiger partial charge in [-0.15, -0.1) is 17.0 Å². The fraction of sp³-hybridized carbons (Fsp3) is 0.739. The number of nitrogens with zero attached hydrogens (tertiary/aromatic N) is 1. The Morgan fingerprint density at radius 3 is 1.77 bits per heavy atom. The van der Waals surface area contributed by atoms with Crippen LogP contribution in [0, 0.1) is 0 Å². The van der Waals surface area contributed by atoms with E-state index in [1.807, 2.05) is 30.3 Å². The number of halogens is 1. The van der Waals surface area contributed by atoms with E-state index in [-0.39, 0.29) is 23.0 Å². The molecule has 0 spiro atoms. The van der Waals surface area contributed by atoms with E-state index >= 15 is 0 Å². The lowest BCUT2D eigenvalue weighted by Crippen LogP contribution is -2.35. The lowest BCUT2D eigenvalue weighted by molar-refractivity contribution is 0.0716. The van der Waals surface area contributed by atoms with Crippen LogP contribution in [0.2, 0.25) is 0 Å². The zero-order valence-electron chi connectivity index (χ0n) is 17.3. The van der Waals surface area contributed by atoms with Crippen LogP contribution in [-0.4, -0.2) is 29.6 Å². The minimum absolute atomic E-state index is 0. The number of likely N-dealkylation sites (N-methyl/N-ethyl adjacent to an activating group) is 1. The molecule has 1 aromatic carbocycles. The first-order valence-electron chi connectivity index (χ1n) is 10.6. The van der Waals surface area contributed by atoms with Gasteiger partial charge in [-0.2, -0.15) is 0 Å². The molecule has 0 saturated carbocycles. The number of unbranched alkanes of at least 4 members (excludes halogenated alkanes) is 10. The smallest absolute Gasteiger partial charge is 0.0942 e. The number of aliphatic hydroxyl groups is 1. The van der Waals surface area contributed by atoms with Crippen molar-refractivity contribution in [3.8, 4) is 0 Å². The Balaban J connectivity index is 0.00000625. The third-order valence-corrected chi connectivity index (χ3v) is 5.41. The van der Waals surface area contributed by atoms with Gasteiger partial charge in [-0.1, -0.05) is 101 Å². The van der Waals surface area contributed by atoms with Crippen molar-refractivity contribution in [1.29, 1.82) is 0 Å². The van der Waals surface area contributed by atoms with Crippen molar-refractivity contribution < 1.29 is 5.11 Å². The molecule has 0 aromatic heterocycles. The molecule has 2 nitrogen and oxygen atoms in total. The van der Waals surface area contributed by atoms with Gasteiger partial charge in [-0.05, 0) is 32.5 Å². The molecule has 3 heteroatoms. The number of aliphatic hydroxyl groups excluding tert-OH is 1. The predicted molar refractivity (Wildman–Crippen MR) is 120 cm³/mol. The fourth-order valence-corrected chi connectivity index (χ4v) is 3.40. The quantitative estimate of drug-likeness (QED) is 0.306. The molecule has 0 bridgehead atoms. The average molecular weight is 428 g/mol. The molecule has 26 heavy (non-hydrogen) atoms. The number of hydrogen-bond acceptors (Lipinski definition) is 2. The van der Waals surface area contributed by atoms with Crippen molar-refractivity contribution in [1.82, 2.24) is 4.90 Å². The van der Waals surface area contributed by atoms with E-state index in [0.29, 0.717) is 0 Å². The molecule has 1 aromatic rings. The summed E-state index contributed by atoms with van der Waals surface area (Å²) in [5, 5.41) is 10.5. The molecule has 0 aliphatic carbocycles. The van der Waals surface area contributed by atoms with Crippen LogP contribution in [0.5, 0.6) is 0 Å². The van der Waals surface area contributed by atoms with Crippen LogP contribution in [0.4, 0.5) is 0 Å². The largest absolute Gasteiger partial charge is 0.387 e. The van der Waals surface area contributed by atoms with Gasteiger partial charge in [0.15, 0.2) is 0 Å². The van der Waals surface area contributed by atoms with Crippen molar-refractivity contribution in [3.63, 3.8) is 0 Å². The second-order valence-corrected chi connectivity index (χ2v) is 7.61. The lowest BCUT2D eigenvalue weighted by atomic mass is 10.0. The monoisotopic (exact) mass is 427 g/mol. The normalized spacial score (nSPS) is 13.4. The Bertz CT molecular complexity index is 412. The number of rotatable bonds is 15. The summed E-state index contributed by atoms with van der Waals surface area (Å²) in [6.45, 7) is 5.47. The maximum absolute atomic E-state index is 10.5. The molecule has 1 N–H and O–H groups in total. The van der Waals surface area contributed by atoms with Crippen molar-refractivity contribution >= 4 is 17.0 Å². The van der Waals surface area contributed by atoms with E-state index in [2.05, 4.69) is 25.8 Å². The highest BCUT2D eigenvalue weighted by atomic mass is 79.9. The Labute approximate surface area is 173 Å². The zero-order valence-corrected chi connectivity index (χ0v) is 19.0. The second-order valence-electron chi connectivity index (χ2n) is 7.61. The summed E-state index contributed by atoms with van der Waals surface area (Å²) in [7, 11) is 2.13. The molecule has 2 atom stereocenters. The SMILES string of the molecule is Br.CCCCCCCCCCCCCN(C)C(C)C(O)c1ccccc1. The number of hydrogen-bond donors (Lipinski definition) is 1. The molecule has 0 aliphatic heterocycles. The van der Waals surface area contributed by atoms with Gasteiger partial charge < -0.3 is 10.0 Å². The molecule has 0 heterocycles. The molecule has 0 aliphatic rings. The highest BCUT2D eigenvalue weighted by molar-refractivity contribution is 8.93. The third-order valence-electron chi connectivity index (χ3n) is 5.41. The van der Waals surface area contributed by atoms with Gasteiger partial charge in [0, 0.05) is 6.04 Å². The van der Waals surface area contributed by atoms with Crippen molar-refractivity contribution in [2.75, 3.05) is 13.6 Å². The summed E-state index contributed by atoms with van der Waals surface area (Å²) < 4.78 is 0.